The fourth-order valence-electron chi connectivity index (χ4n) is 2.17. The fraction of sp³-hybridized carbons (Fsp3) is 0.900. The van der Waals surface area contributed by atoms with Gasteiger partial charge in [0, 0.05) is 7.11 Å². The summed E-state index contributed by atoms with van der Waals surface area (Å²) < 4.78 is 12.9. The van der Waals surface area contributed by atoms with E-state index in [0.29, 0.717) is 6.61 Å². The summed E-state index contributed by atoms with van der Waals surface area (Å²) in [4.78, 5) is 11.6. The van der Waals surface area contributed by atoms with E-state index in [1.54, 1.807) is 7.11 Å². The summed E-state index contributed by atoms with van der Waals surface area (Å²) in [5, 5.41) is 0. The normalized spacial score (nSPS) is 29.1. The molecule has 1 heterocycles. The van der Waals surface area contributed by atoms with Crippen LogP contribution in [0.4, 0.5) is 0 Å². The largest absolute Gasteiger partial charge is 0.465 e. The average molecular weight is 231 g/mol. The molecular weight excluding hydrogens is 210 g/mol. The highest BCUT2D eigenvalue weighted by atomic mass is 28.4. The minimum atomic E-state index is -1.81. The molecule has 0 amide bonds. The van der Waals surface area contributed by atoms with Crippen LogP contribution in [0.15, 0.2) is 0 Å². The molecule has 0 aromatic rings. The number of carbonyl (C=O) groups excluding carboxylic acids is 1. The third-order valence-electron chi connectivity index (χ3n) is 3.18. The molecule has 0 aliphatic carbocycles. The van der Waals surface area contributed by atoms with Gasteiger partial charge in [-0.1, -0.05) is 0 Å². The number of esters is 1. The molecule has 15 heavy (non-hydrogen) atoms. The van der Waals surface area contributed by atoms with Gasteiger partial charge in [0.15, 0.2) is 0 Å². The zero-order chi connectivity index (χ0) is 11.5. The molecule has 0 spiro atoms. The Morgan fingerprint density at radius 1 is 1.60 bits per heavy atom. The van der Waals surface area contributed by atoms with Crippen LogP contribution in [0.1, 0.15) is 20.3 Å². The minimum Gasteiger partial charge on any atom is -0.465 e. The van der Waals surface area contributed by atoms with Crippen molar-refractivity contribution in [1.29, 1.82) is 0 Å². The fourth-order valence-corrected chi connectivity index (χ4v) is 5.27. The number of hydrogen-bond donors (Lipinski definition) is 0. The second kappa shape index (κ2) is 5.09. The van der Waals surface area contributed by atoms with E-state index >= 15 is 0 Å². The summed E-state index contributed by atoms with van der Waals surface area (Å²) in [5.74, 6) is -0.129. The smallest absolute Gasteiger partial charge is 0.322 e. The first kappa shape index (κ1) is 12.7. The SMILES string of the molecule is CCOC(=O)C(C)N1CCC[Si]1(C)OC. The van der Waals surface area contributed by atoms with Crippen molar-refractivity contribution in [2.45, 2.75) is 38.9 Å². The molecule has 1 aliphatic rings. The van der Waals surface area contributed by atoms with Gasteiger partial charge >= 0.3 is 5.97 Å². The van der Waals surface area contributed by atoms with Crippen LogP contribution in [0.2, 0.25) is 12.6 Å². The van der Waals surface area contributed by atoms with Gasteiger partial charge in [-0.15, -0.1) is 0 Å². The first-order valence-electron chi connectivity index (χ1n) is 5.53. The number of carbonyl (C=O) groups is 1. The van der Waals surface area contributed by atoms with Crippen LogP contribution in [0.5, 0.6) is 0 Å². The topological polar surface area (TPSA) is 38.8 Å². The lowest BCUT2D eigenvalue weighted by Crippen LogP contribution is -2.55. The second-order valence-electron chi connectivity index (χ2n) is 4.10. The molecular formula is C10H21NO3Si. The monoisotopic (exact) mass is 231 g/mol. The van der Waals surface area contributed by atoms with Crippen molar-refractivity contribution >= 4 is 14.4 Å². The maximum absolute atomic E-state index is 11.6. The Bertz CT molecular complexity index is 237. The van der Waals surface area contributed by atoms with Crippen LogP contribution < -0.4 is 0 Å². The second-order valence-corrected chi connectivity index (χ2v) is 7.94. The zero-order valence-corrected chi connectivity index (χ0v) is 11.1. The summed E-state index contributed by atoms with van der Waals surface area (Å²) in [6, 6.07) is 0.942. The molecule has 2 atom stereocenters. The standard InChI is InChI=1S/C10H21NO3Si/c1-5-14-10(12)9(2)11-7-6-8-15(11,4)13-3/h9H,5-8H2,1-4H3. The molecule has 0 bridgehead atoms. The molecule has 0 saturated carbocycles. The highest BCUT2D eigenvalue weighted by molar-refractivity contribution is 6.70. The molecule has 0 N–H and O–H groups in total. The summed E-state index contributed by atoms with van der Waals surface area (Å²) in [5.41, 5.74) is 0. The molecule has 88 valence electrons. The van der Waals surface area contributed by atoms with E-state index < -0.39 is 8.48 Å². The third-order valence-corrected chi connectivity index (χ3v) is 7.17. The van der Waals surface area contributed by atoms with Gasteiger partial charge in [0.1, 0.15) is 6.04 Å². The third kappa shape index (κ3) is 2.59. The van der Waals surface area contributed by atoms with E-state index in [0.717, 1.165) is 19.0 Å². The molecule has 0 radical (unpaired) electrons. The Morgan fingerprint density at radius 2 is 2.27 bits per heavy atom. The van der Waals surface area contributed by atoms with Crippen LogP contribution in [0.25, 0.3) is 0 Å². The van der Waals surface area contributed by atoms with Crippen LogP contribution in [0, 0.1) is 0 Å². The van der Waals surface area contributed by atoms with Gasteiger partial charge in [-0.3, -0.25) is 9.36 Å². The Labute approximate surface area is 92.8 Å². The average Bonchev–Trinajstić information content (AvgIpc) is 2.60. The van der Waals surface area contributed by atoms with E-state index in [1.165, 1.54) is 0 Å². The highest BCUT2D eigenvalue weighted by Gasteiger charge is 2.44. The molecule has 0 aromatic heterocycles. The molecule has 2 unspecified atom stereocenters. The van der Waals surface area contributed by atoms with Crippen molar-refractivity contribution in [2.24, 2.45) is 0 Å². The van der Waals surface area contributed by atoms with Gasteiger partial charge in [0.2, 0.25) is 0 Å². The molecule has 4 nitrogen and oxygen atoms in total. The van der Waals surface area contributed by atoms with Crippen molar-refractivity contribution in [3.8, 4) is 0 Å². The summed E-state index contributed by atoms with van der Waals surface area (Å²) in [6.07, 6.45) is 1.13. The number of nitrogens with zero attached hydrogens (tertiary/aromatic N) is 1. The molecule has 1 aliphatic heterocycles. The van der Waals surface area contributed by atoms with Crippen molar-refractivity contribution in [3.05, 3.63) is 0 Å². The van der Waals surface area contributed by atoms with Crippen LogP contribution in [-0.2, 0) is 14.0 Å². The van der Waals surface area contributed by atoms with E-state index in [-0.39, 0.29) is 12.0 Å². The highest BCUT2D eigenvalue weighted by Crippen LogP contribution is 2.28. The van der Waals surface area contributed by atoms with Crippen molar-refractivity contribution < 1.29 is 14.0 Å². The van der Waals surface area contributed by atoms with Crippen LogP contribution >= 0.6 is 0 Å². The van der Waals surface area contributed by atoms with Gasteiger partial charge in [-0.05, 0) is 39.4 Å². The predicted molar refractivity (Wildman–Crippen MR) is 60.9 cm³/mol. The van der Waals surface area contributed by atoms with Crippen LogP contribution in [-0.4, -0.2) is 45.3 Å². The molecule has 0 aromatic carbocycles. The van der Waals surface area contributed by atoms with E-state index in [9.17, 15) is 4.79 Å². The van der Waals surface area contributed by atoms with Crippen molar-refractivity contribution in [3.63, 3.8) is 0 Å². The Balaban J connectivity index is 2.66. The van der Waals surface area contributed by atoms with Gasteiger partial charge in [-0.2, -0.15) is 0 Å². The van der Waals surface area contributed by atoms with Gasteiger partial charge < -0.3 is 9.16 Å². The van der Waals surface area contributed by atoms with Gasteiger partial charge in [0.25, 0.3) is 8.48 Å². The zero-order valence-electron chi connectivity index (χ0n) is 10.1. The van der Waals surface area contributed by atoms with Gasteiger partial charge in [-0.25, -0.2) is 0 Å². The molecule has 1 rings (SSSR count). The number of hydrogen-bond acceptors (Lipinski definition) is 4. The predicted octanol–water partition coefficient (Wildman–Crippen LogP) is 1.36. The first-order chi connectivity index (χ1) is 7.05. The lowest BCUT2D eigenvalue weighted by molar-refractivity contribution is -0.147. The quantitative estimate of drug-likeness (QED) is 0.541. The summed E-state index contributed by atoms with van der Waals surface area (Å²) in [7, 11) is -0.0596. The number of ether oxygens (including phenoxy) is 1. The summed E-state index contributed by atoms with van der Waals surface area (Å²) >= 11 is 0. The lowest BCUT2D eigenvalue weighted by atomic mass is 10.3. The number of rotatable bonds is 4. The van der Waals surface area contributed by atoms with Crippen molar-refractivity contribution in [1.82, 2.24) is 4.57 Å². The molecule has 1 fully saturated rings. The maximum atomic E-state index is 11.6. The van der Waals surface area contributed by atoms with Gasteiger partial charge in [0.05, 0.1) is 6.61 Å². The van der Waals surface area contributed by atoms with Crippen LogP contribution in [0.3, 0.4) is 0 Å². The maximum Gasteiger partial charge on any atom is 0.322 e. The van der Waals surface area contributed by atoms with E-state index in [2.05, 4.69) is 11.1 Å². The van der Waals surface area contributed by atoms with E-state index in [4.69, 9.17) is 9.16 Å². The first-order valence-corrected chi connectivity index (χ1v) is 8.10. The Kier molecular flexibility index (Phi) is 4.30. The lowest BCUT2D eigenvalue weighted by Gasteiger charge is -2.34. The molecule has 5 heteroatoms. The molecule has 1 saturated heterocycles. The summed E-state index contributed by atoms with van der Waals surface area (Å²) in [6.45, 7) is 7.31. The Hall–Kier alpha value is -0.393. The van der Waals surface area contributed by atoms with E-state index in [1.807, 2.05) is 13.8 Å². The Morgan fingerprint density at radius 3 is 2.80 bits per heavy atom. The minimum absolute atomic E-state index is 0.129. The van der Waals surface area contributed by atoms with Crippen molar-refractivity contribution in [2.75, 3.05) is 20.3 Å².